The first-order chi connectivity index (χ1) is 6.42. The van der Waals surface area contributed by atoms with Gasteiger partial charge in [0.2, 0.25) is 0 Å². The number of benzene rings is 1. The molecule has 0 aliphatic carbocycles. The topological polar surface area (TPSA) is 9.23 Å². The van der Waals surface area contributed by atoms with Gasteiger partial charge < -0.3 is 4.74 Å². The molecule has 0 heterocycles. The second-order valence-electron chi connectivity index (χ2n) is 2.69. The minimum absolute atomic E-state index is 0.155. The summed E-state index contributed by atoms with van der Waals surface area (Å²) < 4.78 is 39.6. The van der Waals surface area contributed by atoms with Crippen LogP contribution < -0.4 is 4.74 Å². The minimum atomic E-state index is -4.64. The maximum absolute atomic E-state index is 11.9. The molecule has 78 valence electrons. The van der Waals surface area contributed by atoms with Crippen LogP contribution in [0.25, 0.3) is 0 Å². The fraction of sp³-hybridized carbons (Fsp3) is 0.333. The Hall–Kier alpha value is -0.840. The van der Waals surface area contributed by atoms with Crippen LogP contribution >= 0.6 is 12.6 Å². The zero-order valence-corrected chi connectivity index (χ0v) is 8.32. The highest BCUT2D eigenvalue weighted by atomic mass is 32.1. The summed E-state index contributed by atoms with van der Waals surface area (Å²) in [7, 11) is 0. The predicted molar refractivity (Wildman–Crippen MR) is 49.8 cm³/mol. The van der Waals surface area contributed by atoms with Crippen molar-refractivity contribution in [2.45, 2.75) is 24.6 Å². The van der Waals surface area contributed by atoms with Gasteiger partial charge >= 0.3 is 6.36 Å². The Kier molecular flexibility index (Phi) is 3.31. The average molecular weight is 222 g/mol. The number of rotatable bonds is 2. The van der Waals surface area contributed by atoms with Gasteiger partial charge in [0.25, 0.3) is 0 Å². The summed E-state index contributed by atoms with van der Waals surface area (Å²) in [5.74, 6) is -0.155. The van der Waals surface area contributed by atoms with Gasteiger partial charge in [-0.05, 0) is 30.2 Å². The van der Waals surface area contributed by atoms with Crippen molar-refractivity contribution in [1.82, 2.24) is 0 Å². The van der Waals surface area contributed by atoms with Gasteiger partial charge in [-0.15, -0.1) is 25.8 Å². The minimum Gasteiger partial charge on any atom is -0.406 e. The standard InChI is InChI=1S/C9H9F3OS/c1-2-6-5-7(14)3-4-8(6)13-9(10,11)12/h3-5,14H,2H2,1H3. The highest BCUT2D eigenvalue weighted by Crippen LogP contribution is 2.28. The van der Waals surface area contributed by atoms with Crippen LogP contribution in [-0.4, -0.2) is 6.36 Å². The Labute approximate surface area is 85.3 Å². The molecule has 0 aromatic heterocycles. The lowest BCUT2D eigenvalue weighted by Gasteiger charge is -2.12. The van der Waals surface area contributed by atoms with Crippen LogP contribution in [0.1, 0.15) is 12.5 Å². The van der Waals surface area contributed by atoms with E-state index in [0.717, 1.165) is 0 Å². The molecule has 1 nitrogen and oxygen atoms in total. The van der Waals surface area contributed by atoms with Crippen molar-refractivity contribution in [3.05, 3.63) is 23.8 Å². The summed E-state index contributed by atoms with van der Waals surface area (Å²) in [6.45, 7) is 1.76. The zero-order chi connectivity index (χ0) is 10.8. The largest absolute Gasteiger partial charge is 0.573 e. The Balaban J connectivity index is 2.97. The second kappa shape index (κ2) is 4.13. The lowest BCUT2D eigenvalue weighted by atomic mass is 10.1. The van der Waals surface area contributed by atoms with E-state index in [1.165, 1.54) is 12.1 Å². The predicted octanol–water partition coefficient (Wildman–Crippen LogP) is 3.44. The third-order valence-electron chi connectivity index (χ3n) is 1.65. The van der Waals surface area contributed by atoms with Crippen molar-refractivity contribution in [2.24, 2.45) is 0 Å². The van der Waals surface area contributed by atoms with Gasteiger partial charge in [0.15, 0.2) is 0 Å². The second-order valence-corrected chi connectivity index (χ2v) is 3.21. The molecule has 5 heteroatoms. The number of hydrogen-bond donors (Lipinski definition) is 1. The first-order valence-corrected chi connectivity index (χ1v) is 4.44. The zero-order valence-electron chi connectivity index (χ0n) is 7.43. The van der Waals surface area contributed by atoms with Crippen molar-refractivity contribution in [2.75, 3.05) is 0 Å². The molecule has 0 unspecified atom stereocenters. The molecule has 0 aliphatic heterocycles. The Morgan fingerprint density at radius 1 is 1.36 bits per heavy atom. The molecule has 1 aromatic rings. The van der Waals surface area contributed by atoms with Crippen LogP contribution in [-0.2, 0) is 6.42 Å². The monoisotopic (exact) mass is 222 g/mol. The Morgan fingerprint density at radius 2 is 2.00 bits per heavy atom. The number of hydrogen-bond acceptors (Lipinski definition) is 2. The van der Waals surface area contributed by atoms with Gasteiger partial charge in [0.05, 0.1) is 0 Å². The average Bonchev–Trinajstić information content (AvgIpc) is 2.06. The number of halogens is 3. The molecular formula is C9H9F3OS. The smallest absolute Gasteiger partial charge is 0.406 e. The number of thiol groups is 1. The van der Waals surface area contributed by atoms with Crippen molar-refractivity contribution >= 4 is 12.6 Å². The molecular weight excluding hydrogens is 213 g/mol. The molecule has 14 heavy (non-hydrogen) atoms. The normalized spacial score (nSPS) is 11.5. The highest BCUT2D eigenvalue weighted by Gasteiger charge is 2.31. The third-order valence-corrected chi connectivity index (χ3v) is 1.93. The molecule has 0 radical (unpaired) electrons. The third kappa shape index (κ3) is 3.14. The van der Waals surface area contributed by atoms with E-state index >= 15 is 0 Å². The van der Waals surface area contributed by atoms with Crippen molar-refractivity contribution < 1.29 is 17.9 Å². The van der Waals surface area contributed by atoms with Crippen molar-refractivity contribution in [1.29, 1.82) is 0 Å². The Bertz CT molecular complexity index is 322. The van der Waals surface area contributed by atoms with Crippen LogP contribution in [0.5, 0.6) is 5.75 Å². The summed E-state index contributed by atoms with van der Waals surface area (Å²) in [6, 6.07) is 4.29. The Morgan fingerprint density at radius 3 is 2.50 bits per heavy atom. The molecule has 0 amide bonds. The SMILES string of the molecule is CCc1cc(S)ccc1OC(F)(F)F. The van der Waals surface area contributed by atoms with Gasteiger partial charge in [0, 0.05) is 4.90 Å². The van der Waals surface area contributed by atoms with Gasteiger partial charge in [0.1, 0.15) is 5.75 Å². The first-order valence-electron chi connectivity index (χ1n) is 4.00. The van der Waals surface area contributed by atoms with E-state index in [0.29, 0.717) is 16.9 Å². The molecule has 0 atom stereocenters. The summed E-state index contributed by atoms with van der Waals surface area (Å²) in [5.41, 5.74) is 0.495. The van der Waals surface area contributed by atoms with Crippen LogP contribution in [0.4, 0.5) is 13.2 Å². The molecule has 0 aliphatic rings. The van der Waals surface area contributed by atoms with Gasteiger partial charge in [-0.2, -0.15) is 0 Å². The van der Waals surface area contributed by atoms with E-state index in [9.17, 15) is 13.2 Å². The number of alkyl halides is 3. The van der Waals surface area contributed by atoms with E-state index in [2.05, 4.69) is 17.4 Å². The summed E-state index contributed by atoms with van der Waals surface area (Å²) in [6.07, 6.45) is -4.16. The first kappa shape index (κ1) is 11.2. The van der Waals surface area contributed by atoms with Crippen LogP contribution in [0, 0.1) is 0 Å². The van der Waals surface area contributed by atoms with E-state index in [-0.39, 0.29) is 5.75 Å². The van der Waals surface area contributed by atoms with E-state index in [4.69, 9.17) is 0 Å². The fourth-order valence-corrected chi connectivity index (χ4v) is 1.30. The molecule has 1 aromatic carbocycles. The lowest BCUT2D eigenvalue weighted by Crippen LogP contribution is -2.18. The number of ether oxygens (including phenoxy) is 1. The van der Waals surface area contributed by atoms with Gasteiger partial charge in [-0.3, -0.25) is 0 Å². The lowest BCUT2D eigenvalue weighted by molar-refractivity contribution is -0.274. The van der Waals surface area contributed by atoms with Gasteiger partial charge in [-0.25, -0.2) is 0 Å². The van der Waals surface area contributed by atoms with Crippen LogP contribution in [0.15, 0.2) is 23.1 Å². The fourth-order valence-electron chi connectivity index (χ4n) is 1.07. The molecule has 0 saturated heterocycles. The van der Waals surface area contributed by atoms with Crippen molar-refractivity contribution in [3.63, 3.8) is 0 Å². The number of aryl methyl sites for hydroxylation is 1. The summed E-state index contributed by atoms with van der Waals surface area (Å²) >= 11 is 4.03. The maximum atomic E-state index is 11.9. The van der Waals surface area contributed by atoms with Crippen molar-refractivity contribution in [3.8, 4) is 5.75 Å². The van der Waals surface area contributed by atoms with Crippen LogP contribution in [0.2, 0.25) is 0 Å². The molecule has 0 spiro atoms. The molecule has 0 saturated carbocycles. The van der Waals surface area contributed by atoms with Gasteiger partial charge in [-0.1, -0.05) is 6.92 Å². The quantitative estimate of drug-likeness (QED) is 0.754. The highest BCUT2D eigenvalue weighted by molar-refractivity contribution is 7.80. The van der Waals surface area contributed by atoms with Crippen LogP contribution in [0.3, 0.4) is 0 Å². The molecule has 0 N–H and O–H groups in total. The summed E-state index contributed by atoms with van der Waals surface area (Å²) in [4.78, 5) is 0.622. The maximum Gasteiger partial charge on any atom is 0.573 e. The summed E-state index contributed by atoms with van der Waals surface area (Å²) in [5, 5.41) is 0. The molecule has 0 bridgehead atoms. The molecule has 0 fully saturated rings. The van der Waals surface area contributed by atoms with E-state index in [1.54, 1.807) is 13.0 Å². The molecule has 1 rings (SSSR count). The van der Waals surface area contributed by atoms with E-state index in [1.807, 2.05) is 0 Å². The van der Waals surface area contributed by atoms with E-state index < -0.39 is 6.36 Å².